The summed E-state index contributed by atoms with van der Waals surface area (Å²) in [4.78, 5) is 32.1. The van der Waals surface area contributed by atoms with E-state index in [-0.39, 0.29) is 106 Å². The van der Waals surface area contributed by atoms with Crippen molar-refractivity contribution in [2.45, 2.75) is 0 Å². The van der Waals surface area contributed by atoms with Crippen molar-refractivity contribution in [2.75, 3.05) is 95.4 Å². The molecular formula is C18H31N15O10S2. The first-order valence-corrected chi connectivity index (χ1v) is 15.1. The Labute approximate surface area is 258 Å². The maximum absolute atomic E-state index is 11.2. The van der Waals surface area contributed by atoms with Crippen LogP contribution in [0.25, 0.3) is 0 Å². The number of aliphatic hydroxyl groups excluding tert-OH is 4. The molecule has 45 heavy (non-hydrogen) atoms. The Hall–Kier alpha value is -4.06. The second-order valence-corrected chi connectivity index (χ2v) is 10.3. The molecule has 250 valence electrons. The normalized spacial score (nSPS) is 11.3. The van der Waals surface area contributed by atoms with E-state index in [4.69, 9.17) is 9.81 Å². The van der Waals surface area contributed by atoms with Gasteiger partial charge in [-0.25, -0.2) is 10.4 Å². The molecule has 0 aliphatic rings. The molecule has 11 N–H and O–H groups in total. The van der Waals surface area contributed by atoms with Gasteiger partial charge in [0.1, 0.15) is 5.88 Å². The second kappa shape index (κ2) is 18.0. The van der Waals surface area contributed by atoms with Crippen LogP contribution in [0.5, 0.6) is 0 Å². The average Bonchev–Trinajstić information content (AvgIpc) is 3.43. The number of hydrogen-bond donors (Lipinski definition) is 11. The summed E-state index contributed by atoms with van der Waals surface area (Å²) in [6.45, 7) is -0.888. The number of aromatic amines is 1. The molecule has 27 heteroatoms. The van der Waals surface area contributed by atoms with E-state index in [1.54, 1.807) is 0 Å². The van der Waals surface area contributed by atoms with Gasteiger partial charge in [-0.3, -0.25) is 15.2 Å². The highest BCUT2D eigenvalue weighted by Crippen LogP contribution is 2.19. The van der Waals surface area contributed by atoms with Crippen molar-refractivity contribution in [3.05, 3.63) is 0 Å². The lowest BCUT2D eigenvalue weighted by Crippen LogP contribution is -2.32. The average molecular weight is 682 g/mol. The summed E-state index contributed by atoms with van der Waals surface area (Å²) in [5.41, 5.74) is 0. The first kappa shape index (κ1) is 35.4. The zero-order valence-electron chi connectivity index (χ0n) is 23.2. The van der Waals surface area contributed by atoms with Gasteiger partial charge in [-0.05, 0) is 0 Å². The molecule has 0 atom stereocenters. The summed E-state index contributed by atoms with van der Waals surface area (Å²) in [6.07, 6.45) is 0. The standard InChI is InChI=1S/C18H31N15O10S2/c34-5-1-32(2-6-35)17-26-11(19-9-44-43-42-38)21-13(28-17)23-15-25-16(31-30-15)24-14-22-12(20-10-45(39,40)41)27-18(29-14)33(3-7-36)4-8-37/h34-38H,1-10H2,(H,39,40,41)(H5,19,20,21,22,23,24,25,26,27,28,29,30,31). The Balaban J connectivity index is 1.85. The topological polar surface area (TPSA) is 347 Å². The fourth-order valence-electron chi connectivity index (χ4n) is 3.26. The van der Waals surface area contributed by atoms with Crippen LogP contribution in [0.15, 0.2) is 0 Å². The van der Waals surface area contributed by atoms with Gasteiger partial charge in [0.05, 0.1) is 44.3 Å². The van der Waals surface area contributed by atoms with Crippen LogP contribution in [0.4, 0.5) is 47.6 Å². The van der Waals surface area contributed by atoms with Crippen LogP contribution in [0, 0.1) is 0 Å². The Morgan fingerprint density at radius 3 is 1.73 bits per heavy atom. The number of nitrogens with one attached hydrogen (secondary N) is 5. The molecule has 0 fully saturated rings. The van der Waals surface area contributed by atoms with Gasteiger partial charge < -0.3 is 40.9 Å². The van der Waals surface area contributed by atoms with E-state index in [9.17, 15) is 28.8 Å². The summed E-state index contributed by atoms with van der Waals surface area (Å²) < 4.78 is 35.8. The van der Waals surface area contributed by atoms with Crippen molar-refractivity contribution in [3.63, 3.8) is 0 Å². The van der Waals surface area contributed by atoms with Crippen LogP contribution >= 0.6 is 12.0 Å². The highest BCUT2D eigenvalue weighted by molar-refractivity contribution is 7.94. The number of nitrogens with zero attached hydrogens (tertiary/aromatic N) is 10. The summed E-state index contributed by atoms with van der Waals surface area (Å²) >= 11 is 0.684. The van der Waals surface area contributed by atoms with Crippen LogP contribution in [-0.2, 0) is 19.5 Å². The summed E-state index contributed by atoms with van der Waals surface area (Å²) in [5, 5.41) is 66.6. The van der Waals surface area contributed by atoms with E-state index in [1.807, 2.05) is 0 Å². The molecule has 0 aliphatic carbocycles. The third-order valence-corrected chi connectivity index (χ3v) is 5.94. The van der Waals surface area contributed by atoms with Crippen molar-refractivity contribution >= 4 is 69.7 Å². The van der Waals surface area contributed by atoms with Crippen molar-refractivity contribution in [1.29, 1.82) is 0 Å². The Morgan fingerprint density at radius 1 is 0.711 bits per heavy atom. The minimum Gasteiger partial charge on any atom is -0.395 e. The molecule has 3 aromatic heterocycles. The number of anilines is 8. The third-order valence-electron chi connectivity index (χ3n) is 5.01. The number of H-pyrrole nitrogens is 1. The highest BCUT2D eigenvalue weighted by atomic mass is 32.2. The van der Waals surface area contributed by atoms with Crippen LogP contribution in [-0.4, -0.2) is 148 Å². The quantitative estimate of drug-likeness (QED) is 0.0125. The molecule has 0 bridgehead atoms. The molecule has 0 spiro atoms. The smallest absolute Gasteiger partial charge is 0.283 e. The van der Waals surface area contributed by atoms with Crippen LogP contribution in [0.1, 0.15) is 0 Å². The minimum atomic E-state index is -4.43. The highest BCUT2D eigenvalue weighted by Gasteiger charge is 2.18. The molecule has 0 amide bonds. The van der Waals surface area contributed by atoms with E-state index in [0.717, 1.165) is 0 Å². The van der Waals surface area contributed by atoms with E-state index in [1.165, 1.54) is 9.80 Å². The van der Waals surface area contributed by atoms with Crippen molar-refractivity contribution in [3.8, 4) is 0 Å². The number of hydrogen-bond acceptors (Lipinski definition) is 24. The van der Waals surface area contributed by atoms with Crippen LogP contribution < -0.4 is 31.1 Å². The minimum absolute atomic E-state index is 0.0152. The van der Waals surface area contributed by atoms with Gasteiger partial charge in [0, 0.05) is 26.2 Å². The first-order valence-electron chi connectivity index (χ1n) is 12.6. The van der Waals surface area contributed by atoms with Crippen LogP contribution in [0.3, 0.4) is 0 Å². The molecule has 0 saturated carbocycles. The molecule has 3 rings (SSSR count). The van der Waals surface area contributed by atoms with Gasteiger partial charge in [-0.15, -0.1) is 9.43 Å². The number of aromatic nitrogens is 9. The molecule has 0 radical (unpaired) electrons. The van der Waals surface area contributed by atoms with E-state index in [0.29, 0.717) is 12.0 Å². The monoisotopic (exact) mass is 681 g/mol. The Bertz CT molecular complexity index is 1430. The van der Waals surface area contributed by atoms with Gasteiger partial charge in [-0.2, -0.15) is 43.3 Å². The largest absolute Gasteiger partial charge is 0.395 e. The molecule has 0 aromatic carbocycles. The number of aliphatic hydroxyl groups is 4. The lowest BCUT2D eigenvalue weighted by molar-refractivity contribution is -0.432. The fraction of sp³-hybridized carbons (Fsp3) is 0.556. The van der Waals surface area contributed by atoms with Crippen molar-refractivity contribution in [1.82, 2.24) is 45.1 Å². The maximum Gasteiger partial charge on any atom is 0.283 e. The number of rotatable bonds is 22. The van der Waals surface area contributed by atoms with Crippen molar-refractivity contribution in [2.24, 2.45) is 0 Å². The zero-order valence-corrected chi connectivity index (χ0v) is 24.8. The summed E-state index contributed by atoms with van der Waals surface area (Å²) in [6, 6.07) is 0. The Kier molecular flexibility index (Phi) is 14.2. The molecule has 25 nitrogen and oxygen atoms in total. The summed E-state index contributed by atoms with van der Waals surface area (Å²) in [5.74, 6) is -1.37. The SMILES string of the molecule is O=S(=O)(O)CNc1nc(Nc2nc(Nc3nc(NCSOOO)nc(N(CCO)CCO)n3)n[nH]2)nc(N(CCO)CCO)n1. The predicted molar refractivity (Wildman–Crippen MR) is 156 cm³/mol. The zero-order chi connectivity index (χ0) is 32.7. The molecule has 3 heterocycles. The predicted octanol–water partition coefficient (Wildman–Crippen LogP) is -3.06. The molecule has 0 aliphatic heterocycles. The fourth-order valence-corrected chi connectivity index (χ4v) is 3.85. The van der Waals surface area contributed by atoms with Gasteiger partial charge in [0.15, 0.2) is 0 Å². The molecule has 0 saturated heterocycles. The second-order valence-electron chi connectivity index (χ2n) is 8.18. The third kappa shape index (κ3) is 12.1. The van der Waals surface area contributed by atoms with Crippen molar-refractivity contribution < 1.29 is 48.0 Å². The molecular weight excluding hydrogens is 650 g/mol. The van der Waals surface area contributed by atoms with Gasteiger partial charge in [0.2, 0.25) is 41.6 Å². The Morgan fingerprint density at radius 2 is 1.22 bits per heavy atom. The van der Waals surface area contributed by atoms with Gasteiger partial charge in [0.25, 0.3) is 16.1 Å². The maximum atomic E-state index is 11.2. The van der Waals surface area contributed by atoms with E-state index < -0.39 is 16.0 Å². The molecule has 3 aromatic rings. The van der Waals surface area contributed by atoms with E-state index >= 15 is 0 Å². The summed E-state index contributed by atoms with van der Waals surface area (Å²) in [7, 11) is -4.43. The lowest BCUT2D eigenvalue weighted by Gasteiger charge is -2.21. The van der Waals surface area contributed by atoms with E-state index in [2.05, 4.69) is 75.7 Å². The van der Waals surface area contributed by atoms with Gasteiger partial charge in [-0.1, -0.05) is 5.04 Å². The molecule has 0 unspecified atom stereocenters. The first-order chi connectivity index (χ1) is 21.7. The van der Waals surface area contributed by atoms with Gasteiger partial charge >= 0.3 is 0 Å². The van der Waals surface area contributed by atoms with Crippen LogP contribution in [0.2, 0.25) is 0 Å². The lowest BCUT2D eigenvalue weighted by atomic mass is 10.5.